The van der Waals surface area contributed by atoms with Gasteiger partial charge in [0.25, 0.3) is 5.91 Å². The van der Waals surface area contributed by atoms with Crippen molar-refractivity contribution >= 4 is 34.1 Å². The fraction of sp³-hybridized carbons (Fsp3) is 0.400. The van der Waals surface area contributed by atoms with E-state index in [-0.39, 0.29) is 16.5 Å². The van der Waals surface area contributed by atoms with E-state index in [0.29, 0.717) is 17.6 Å². The molecule has 2 heterocycles. The fourth-order valence-electron chi connectivity index (χ4n) is 4.70. The minimum absolute atomic E-state index is 0.202. The highest BCUT2D eigenvalue weighted by atomic mass is 35.5. The van der Waals surface area contributed by atoms with E-state index >= 15 is 0 Å². The summed E-state index contributed by atoms with van der Waals surface area (Å²) in [4.78, 5) is 18.6. The minimum atomic E-state index is -0.527. The van der Waals surface area contributed by atoms with Gasteiger partial charge in [-0.3, -0.25) is 4.79 Å². The van der Waals surface area contributed by atoms with Crippen molar-refractivity contribution in [2.45, 2.75) is 51.5 Å². The van der Waals surface area contributed by atoms with E-state index in [1.165, 1.54) is 36.6 Å². The molecular formula is C25H29ClFN3O. The number of piperidine rings is 1. The number of fused-ring (bicyclic) bond motifs is 1. The zero-order valence-corrected chi connectivity index (χ0v) is 18.8. The number of benzene rings is 2. The molecule has 4 nitrogen and oxygen atoms in total. The van der Waals surface area contributed by atoms with Gasteiger partial charge in [-0.1, -0.05) is 24.9 Å². The number of hydrogen-bond donors (Lipinski definition) is 2. The average Bonchev–Trinajstić information content (AvgIpc) is 3.16. The van der Waals surface area contributed by atoms with Gasteiger partial charge in [0.15, 0.2) is 0 Å². The summed E-state index contributed by atoms with van der Waals surface area (Å²) in [6, 6.07) is 10.3. The smallest absolute Gasteiger partial charge is 0.255 e. The van der Waals surface area contributed by atoms with Crippen LogP contribution < -0.4 is 5.32 Å². The number of nitrogens with one attached hydrogen (secondary N) is 2. The molecule has 2 aromatic carbocycles. The van der Waals surface area contributed by atoms with Crippen molar-refractivity contribution in [3.05, 3.63) is 64.6 Å². The first-order chi connectivity index (χ1) is 14.9. The second kappa shape index (κ2) is 9.41. The van der Waals surface area contributed by atoms with Gasteiger partial charge in [-0.05, 0) is 87.2 Å². The lowest BCUT2D eigenvalue weighted by Crippen LogP contribution is -2.39. The molecule has 31 heavy (non-hydrogen) atoms. The number of carbonyl (C=O) groups excluding carboxylic acids is 1. The molecule has 1 aromatic heterocycles. The number of rotatable bonds is 6. The Morgan fingerprint density at radius 2 is 2.03 bits per heavy atom. The fourth-order valence-corrected chi connectivity index (χ4v) is 4.92. The second-order valence-corrected chi connectivity index (χ2v) is 9.00. The van der Waals surface area contributed by atoms with Crippen LogP contribution in [0.3, 0.4) is 0 Å². The lowest BCUT2D eigenvalue weighted by Gasteiger charge is -2.36. The highest BCUT2D eigenvalue weighted by molar-refractivity contribution is 6.31. The Balaban J connectivity index is 1.50. The zero-order valence-electron chi connectivity index (χ0n) is 18.1. The van der Waals surface area contributed by atoms with Gasteiger partial charge in [-0.25, -0.2) is 4.39 Å². The first kappa shape index (κ1) is 21.8. The predicted octanol–water partition coefficient (Wildman–Crippen LogP) is 6.58. The molecule has 0 spiro atoms. The van der Waals surface area contributed by atoms with Crippen LogP contribution in [-0.4, -0.2) is 34.9 Å². The van der Waals surface area contributed by atoms with Crippen LogP contribution in [0.5, 0.6) is 0 Å². The highest BCUT2D eigenvalue weighted by Crippen LogP contribution is 2.35. The van der Waals surface area contributed by atoms with Crippen LogP contribution in [0.15, 0.2) is 42.6 Å². The minimum Gasteiger partial charge on any atom is -0.361 e. The predicted molar refractivity (Wildman–Crippen MR) is 126 cm³/mol. The van der Waals surface area contributed by atoms with Gasteiger partial charge in [-0.15, -0.1) is 0 Å². The van der Waals surface area contributed by atoms with Gasteiger partial charge in [0.05, 0.1) is 0 Å². The Morgan fingerprint density at radius 3 is 2.74 bits per heavy atom. The Kier molecular flexibility index (Phi) is 6.63. The highest BCUT2D eigenvalue weighted by Gasteiger charge is 2.25. The summed E-state index contributed by atoms with van der Waals surface area (Å²) in [6.07, 6.45) is 6.86. The molecule has 1 fully saturated rings. The second-order valence-electron chi connectivity index (χ2n) is 8.56. The number of hydrogen-bond acceptors (Lipinski definition) is 2. The first-order valence-electron chi connectivity index (χ1n) is 11.1. The molecule has 164 valence electrons. The summed E-state index contributed by atoms with van der Waals surface area (Å²) >= 11 is 5.89. The van der Waals surface area contributed by atoms with E-state index in [9.17, 15) is 9.18 Å². The number of H-pyrrole nitrogens is 1. The van der Waals surface area contributed by atoms with Crippen molar-refractivity contribution in [2.75, 3.05) is 18.4 Å². The van der Waals surface area contributed by atoms with Crippen molar-refractivity contribution in [1.29, 1.82) is 0 Å². The Bertz CT molecular complexity index is 1050. The van der Waals surface area contributed by atoms with Crippen molar-refractivity contribution in [3.63, 3.8) is 0 Å². The molecule has 1 amide bonds. The molecule has 4 rings (SSSR count). The van der Waals surface area contributed by atoms with E-state index in [4.69, 9.17) is 11.6 Å². The zero-order chi connectivity index (χ0) is 22.0. The van der Waals surface area contributed by atoms with Gasteiger partial charge in [0.2, 0.25) is 0 Å². The Labute approximate surface area is 187 Å². The van der Waals surface area contributed by atoms with Gasteiger partial charge in [0.1, 0.15) is 5.82 Å². The Hall–Kier alpha value is -2.37. The van der Waals surface area contributed by atoms with E-state index in [1.807, 2.05) is 18.2 Å². The molecule has 1 unspecified atom stereocenters. The number of amides is 1. The molecule has 0 saturated carbocycles. The maximum Gasteiger partial charge on any atom is 0.255 e. The van der Waals surface area contributed by atoms with Crippen LogP contribution in [0.4, 0.5) is 10.1 Å². The lowest BCUT2D eigenvalue weighted by molar-refractivity contribution is 0.102. The normalized spacial score (nSPS) is 16.5. The topological polar surface area (TPSA) is 48.1 Å². The third-order valence-electron chi connectivity index (χ3n) is 6.40. The lowest BCUT2D eigenvalue weighted by atomic mass is 9.88. The van der Waals surface area contributed by atoms with Crippen LogP contribution in [0.1, 0.15) is 61.4 Å². The van der Waals surface area contributed by atoms with Crippen molar-refractivity contribution in [2.24, 2.45) is 0 Å². The maximum absolute atomic E-state index is 13.6. The van der Waals surface area contributed by atoms with Crippen LogP contribution >= 0.6 is 11.6 Å². The number of aromatic nitrogens is 1. The third kappa shape index (κ3) is 4.94. The maximum atomic E-state index is 13.6. The molecule has 1 saturated heterocycles. The van der Waals surface area contributed by atoms with Crippen LogP contribution in [-0.2, 0) is 0 Å². The van der Waals surface area contributed by atoms with Crippen LogP contribution in [0.2, 0.25) is 5.02 Å². The number of aromatic amines is 1. The summed E-state index contributed by atoms with van der Waals surface area (Å²) < 4.78 is 13.6. The van der Waals surface area contributed by atoms with Gasteiger partial charge >= 0.3 is 0 Å². The van der Waals surface area contributed by atoms with E-state index in [0.717, 1.165) is 36.8 Å². The molecule has 1 atom stereocenters. The summed E-state index contributed by atoms with van der Waals surface area (Å²) in [6.45, 7) is 6.81. The molecule has 0 bridgehead atoms. The molecule has 1 aliphatic rings. The molecule has 2 N–H and O–H groups in total. The molecule has 3 aromatic rings. The molecule has 0 aliphatic carbocycles. The molecular weight excluding hydrogens is 413 g/mol. The number of halogens is 2. The SMILES string of the molecule is CCCC(C)N1CCC(c2c[nH]c3ccc(NC(=O)c4cc(F)cc(Cl)c4)cc23)CC1. The molecule has 1 aliphatic heterocycles. The number of carbonyl (C=O) groups is 1. The van der Waals surface area contributed by atoms with Crippen LogP contribution in [0, 0.1) is 5.82 Å². The number of nitrogens with zero attached hydrogens (tertiary/aromatic N) is 1. The van der Waals surface area contributed by atoms with Gasteiger partial charge in [-0.2, -0.15) is 0 Å². The van der Waals surface area contributed by atoms with Crippen molar-refractivity contribution in [3.8, 4) is 0 Å². The number of anilines is 1. The molecule has 0 radical (unpaired) electrons. The number of likely N-dealkylation sites (tertiary alicyclic amines) is 1. The van der Waals surface area contributed by atoms with E-state index in [1.54, 1.807) is 0 Å². The summed E-state index contributed by atoms with van der Waals surface area (Å²) in [5, 5.41) is 4.21. The summed E-state index contributed by atoms with van der Waals surface area (Å²) in [7, 11) is 0. The monoisotopic (exact) mass is 441 g/mol. The van der Waals surface area contributed by atoms with Crippen molar-refractivity contribution in [1.82, 2.24) is 9.88 Å². The first-order valence-corrected chi connectivity index (χ1v) is 11.4. The van der Waals surface area contributed by atoms with Gasteiger partial charge < -0.3 is 15.2 Å². The molecule has 6 heteroatoms. The summed E-state index contributed by atoms with van der Waals surface area (Å²) in [5.41, 5.74) is 3.26. The van der Waals surface area contributed by atoms with E-state index in [2.05, 4.69) is 35.2 Å². The van der Waals surface area contributed by atoms with Gasteiger partial charge in [0, 0.05) is 39.4 Å². The van der Waals surface area contributed by atoms with Crippen molar-refractivity contribution < 1.29 is 9.18 Å². The Morgan fingerprint density at radius 1 is 1.26 bits per heavy atom. The average molecular weight is 442 g/mol. The summed E-state index contributed by atoms with van der Waals surface area (Å²) in [5.74, 6) is -0.400. The largest absolute Gasteiger partial charge is 0.361 e. The van der Waals surface area contributed by atoms with Crippen LogP contribution in [0.25, 0.3) is 10.9 Å². The third-order valence-corrected chi connectivity index (χ3v) is 6.61. The standard InChI is InChI=1S/C25H29ClFN3O/c1-3-4-16(2)30-9-7-17(8-10-30)23-15-28-24-6-5-21(14-22(23)24)29-25(31)18-11-19(26)13-20(27)12-18/h5-6,11-17,28H,3-4,7-10H2,1-2H3,(H,29,31). The quantitative estimate of drug-likeness (QED) is 0.453. The van der Waals surface area contributed by atoms with E-state index < -0.39 is 5.82 Å².